The van der Waals surface area contributed by atoms with Crippen LogP contribution in [0.3, 0.4) is 0 Å². The van der Waals surface area contributed by atoms with E-state index in [2.05, 4.69) is 72.5 Å². The Balaban J connectivity index is 1.67. The van der Waals surface area contributed by atoms with Gasteiger partial charge in [0.05, 0.1) is 6.21 Å². The molecule has 3 rings (SSSR count). The highest BCUT2D eigenvalue weighted by atomic mass is 32.2. The van der Waals surface area contributed by atoms with Crippen LogP contribution in [0, 0.1) is 0 Å². The van der Waals surface area contributed by atoms with Gasteiger partial charge in [-0.05, 0) is 22.1 Å². The Labute approximate surface area is 153 Å². The summed E-state index contributed by atoms with van der Waals surface area (Å²) in [7, 11) is 0. The van der Waals surface area contributed by atoms with Gasteiger partial charge in [0.2, 0.25) is 5.16 Å². The SMILES string of the molecule is CC(C)(C)c1ccc(/C=N\n2cnnc2SCc2ccccc2)cc1. The molecule has 0 radical (unpaired) electrons. The van der Waals surface area contributed by atoms with Gasteiger partial charge in [0.25, 0.3) is 0 Å². The quantitative estimate of drug-likeness (QED) is 0.492. The van der Waals surface area contributed by atoms with E-state index in [1.165, 1.54) is 11.1 Å². The third kappa shape index (κ3) is 4.79. The second-order valence-electron chi connectivity index (χ2n) is 6.85. The fraction of sp³-hybridized carbons (Fsp3) is 0.250. The maximum atomic E-state index is 4.49. The largest absolute Gasteiger partial charge is 0.212 e. The molecule has 2 aromatic carbocycles. The highest BCUT2D eigenvalue weighted by Crippen LogP contribution is 2.22. The van der Waals surface area contributed by atoms with Crippen molar-refractivity contribution >= 4 is 18.0 Å². The number of rotatable bonds is 5. The Bertz CT molecular complexity index is 830. The van der Waals surface area contributed by atoms with Crippen molar-refractivity contribution in [1.82, 2.24) is 14.9 Å². The lowest BCUT2D eigenvalue weighted by atomic mass is 9.87. The zero-order valence-corrected chi connectivity index (χ0v) is 15.6. The van der Waals surface area contributed by atoms with E-state index in [-0.39, 0.29) is 5.41 Å². The predicted molar refractivity (Wildman–Crippen MR) is 104 cm³/mol. The first kappa shape index (κ1) is 17.4. The van der Waals surface area contributed by atoms with Gasteiger partial charge >= 0.3 is 0 Å². The van der Waals surface area contributed by atoms with Crippen LogP contribution >= 0.6 is 11.8 Å². The molecule has 0 saturated carbocycles. The van der Waals surface area contributed by atoms with Crippen molar-refractivity contribution in [3.05, 3.63) is 77.6 Å². The average Bonchev–Trinajstić information content (AvgIpc) is 3.06. The van der Waals surface area contributed by atoms with Crippen LogP contribution in [0.2, 0.25) is 0 Å². The zero-order valence-electron chi connectivity index (χ0n) is 14.8. The van der Waals surface area contributed by atoms with E-state index in [1.807, 2.05) is 24.4 Å². The summed E-state index contributed by atoms with van der Waals surface area (Å²) >= 11 is 1.62. The highest BCUT2D eigenvalue weighted by Gasteiger charge is 2.12. The van der Waals surface area contributed by atoms with E-state index in [1.54, 1.807) is 22.8 Å². The predicted octanol–water partition coefficient (Wildman–Crippen LogP) is 4.75. The summed E-state index contributed by atoms with van der Waals surface area (Å²) in [6.45, 7) is 6.64. The monoisotopic (exact) mass is 350 g/mol. The Hall–Kier alpha value is -2.40. The molecule has 0 amide bonds. The molecule has 3 aromatic rings. The summed E-state index contributed by atoms with van der Waals surface area (Å²) in [5, 5.41) is 13.4. The first-order valence-corrected chi connectivity index (χ1v) is 9.22. The lowest BCUT2D eigenvalue weighted by Crippen LogP contribution is -2.10. The fourth-order valence-corrected chi connectivity index (χ4v) is 3.13. The standard InChI is InChI=1S/C20H22N4S/c1-20(2,3)18-11-9-16(10-12-18)13-22-24-15-21-23-19(24)25-14-17-7-5-4-6-8-17/h4-13,15H,14H2,1-3H3/b22-13-. The van der Waals surface area contributed by atoms with Crippen molar-refractivity contribution in [3.63, 3.8) is 0 Å². The average molecular weight is 350 g/mol. The van der Waals surface area contributed by atoms with Crippen LogP contribution in [0.5, 0.6) is 0 Å². The molecule has 0 bridgehead atoms. The van der Waals surface area contributed by atoms with Crippen LogP contribution in [0.4, 0.5) is 0 Å². The lowest BCUT2D eigenvalue weighted by molar-refractivity contribution is 0.590. The van der Waals surface area contributed by atoms with Gasteiger partial charge in [-0.1, -0.05) is 87.1 Å². The molecule has 0 fully saturated rings. The maximum Gasteiger partial charge on any atom is 0.212 e. The smallest absolute Gasteiger partial charge is 0.195 e. The molecule has 5 heteroatoms. The Kier molecular flexibility index (Phi) is 5.34. The molecular weight excluding hydrogens is 328 g/mol. The Morgan fingerprint density at radius 3 is 2.44 bits per heavy atom. The van der Waals surface area contributed by atoms with Gasteiger partial charge in [-0.2, -0.15) is 9.78 Å². The first-order valence-electron chi connectivity index (χ1n) is 8.24. The highest BCUT2D eigenvalue weighted by molar-refractivity contribution is 7.98. The van der Waals surface area contributed by atoms with Crippen molar-refractivity contribution in [3.8, 4) is 0 Å². The number of hydrogen-bond donors (Lipinski definition) is 0. The minimum atomic E-state index is 0.158. The molecule has 0 atom stereocenters. The van der Waals surface area contributed by atoms with Crippen LogP contribution in [-0.2, 0) is 11.2 Å². The molecule has 1 aromatic heterocycles. The van der Waals surface area contributed by atoms with E-state index in [9.17, 15) is 0 Å². The van der Waals surface area contributed by atoms with E-state index in [4.69, 9.17) is 0 Å². The zero-order chi connectivity index (χ0) is 17.7. The summed E-state index contributed by atoms with van der Waals surface area (Å²) in [6.07, 6.45) is 3.47. The summed E-state index contributed by atoms with van der Waals surface area (Å²) < 4.78 is 1.71. The Morgan fingerprint density at radius 2 is 1.76 bits per heavy atom. The summed E-state index contributed by atoms with van der Waals surface area (Å²) in [6, 6.07) is 18.8. The second-order valence-corrected chi connectivity index (χ2v) is 7.79. The summed E-state index contributed by atoms with van der Waals surface area (Å²) in [4.78, 5) is 0. The molecule has 0 saturated heterocycles. The molecule has 25 heavy (non-hydrogen) atoms. The first-order chi connectivity index (χ1) is 12.0. The molecule has 0 aliphatic rings. The maximum absolute atomic E-state index is 4.49. The van der Waals surface area contributed by atoms with E-state index >= 15 is 0 Å². The van der Waals surface area contributed by atoms with Crippen LogP contribution in [0.25, 0.3) is 0 Å². The van der Waals surface area contributed by atoms with Crippen LogP contribution in [0.15, 0.2) is 71.2 Å². The molecule has 128 valence electrons. The second kappa shape index (κ2) is 7.66. The topological polar surface area (TPSA) is 43.1 Å². The number of thioether (sulfide) groups is 1. The number of nitrogens with zero attached hydrogens (tertiary/aromatic N) is 4. The number of hydrogen-bond acceptors (Lipinski definition) is 4. The molecule has 0 unspecified atom stereocenters. The number of benzene rings is 2. The van der Waals surface area contributed by atoms with Crippen molar-refractivity contribution in [2.24, 2.45) is 5.10 Å². The molecular formula is C20H22N4S. The normalized spacial score (nSPS) is 12.0. The van der Waals surface area contributed by atoms with Crippen molar-refractivity contribution < 1.29 is 0 Å². The van der Waals surface area contributed by atoms with Crippen molar-refractivity contribution in [1.29, 1.82) is 0 Å². The van der Waals surface area contributed by atoms with Gasteiger partial charge in [-0.25, -0.2) is 0 Å². The van der Waals surface area contributed by atoms with Gasteiger partial charge < -0.3 is 0 Å². The summed E-state index contributed by atoms with van der Waals surface area (Å²) in [5.41, 5.74) is 3.78. The molecule has 4 nitrogen and oxygen atoms in total. The fourth-order valence-electron chi connectivity index (χ4n) is 2.31. The third-order valence-electron chi connectivity index (χ3n) is 3.82. The van der Waals surface area contributed by atoms with E-state index < -0.39 is 0 Å². The minimum absolute atomic E-state index is 0.158. The molecule has 0 spiro atoms. The third-order valence-corrected chi connectivity index (χ3v) is 4.82. The lowest BCUT2D eigenvalue weighted by Gasteiger charge is -2.18. The molecule has 0 aliphatic carbocycles. The van der Waals surface area contributed by atoms with Gasteiger partial charge in [-0.3, -0.25) is 0 Å². The van der Waals surface area contributed by atoms with Crippen LogP contribution in [-0.4, -0.2) is 21.1 Å². The number of aromatic nitrogens is 3. The van der Waals surface area contributed by atoms with Crippen LogP contribution < -0.4 is 0 Å². The van der Waals surface area contributed by atoms with Gasteiger partial charge in [0.1, 0.15) is 6.33 Å². The molecule has 0 N–H and O–H groups in total. The minimum Gasteiger partial charge on any atom is -0.195 e. The molecule has 0 aliphatic heterocycles. The molecule has 1 heterocycles. The van der Waals surface area contributed by atoms with Crippen molar-refractivity contribution in [2.75, 3.05) is 0 Å². The van der Waals surface area contributed by atoms with Gasteiger partial charge in [-0.15, -0.1) is 10.2 Å². The Morgan fingerprint density at radius 1 is 1.04 bits per heavy atom. The van der Waals surface area contributed by atoms with Gasteiger partial charge in [0, 0.05) is 5.75 Å². The van der Waals surface area contributed by atoms with Crippen LogP contribution in [0.1, 0.15) is 37.5 Å². The van der Waals surface area contributed by atoms with Gasteiger partial charge in [0.15, 0.2) is 0 Å². The van der Waals surface area contributed by atoms with Crippen molar-refractivity contribution in [2.45, 2.75) is 37.1 Å². The van der Waals surface area contributed by atoms with E-state index in [0.717, 1.165) is 16.5 Å². The summed E-state index contributed by atoms with van der Waals surface area (Å²) in [5.74, 6) is 0.843. The van der Waals surface area contributed by atoms with E-state index in [0.29, 0.717) is 0 Å².